The highest BCUT2D eigenvalue weighted by atomic mass is 19.3. The first-order valence-corrected chi connectivity index (χ1v) is 6.11. The van der Waals surface area contributed by atoms with E-state index in [1.165, 1.54) is 31.0 Å². The van der Waals surface area contributed by atoms with Gasteiger partial charge in [0.05, 0.1) is 18.9 Å². The smallest absolute Gasteiger partial charge is 0.308 e. The number of para-hydroxylation sites is 1. The van der Waals surface area contributed by atoms with Crippen LogP contribution in [0, 0.1) is 0 Å². The van der Waals surface area contributed by atoms with Crippen molar-refractivity contribution in [1.29, 1.82) is 0 Å². The van der Waals surface area contributed by atoms with Crippen LogP contribution in [0.25, 0.3) is 5.69 Å². The number of aromatic nitrogens is 2. The van der Waals surface area contributed by atoms with Gasteiger partial charge in [0.2, 0.25) is 0 Å². The van der Waals surface area contributed by atoms with Crippen LogP contribution in [0.4, 0.5) is 8.78 Å². The molecule has 1 aromatic carbocycles. The van der Waals surface area contributed by atoms with E-state index in [0.717, 1.165) is 13.1 Å². The summed E-state index contributed by atoms with van der Waals surface area (Å²) < 4.78 is 38.1. The third-order valence-electron chi connectivity index (χ3n) is 2.75. The van der Waals surface area contributed by atoms with Gasteiger partial charge in [-0.15, -0.1) is 0 Å². The number of hydrogen-bond acceptors (Lipinski definition) is 4. The van der Waals surface area contributed by atoms with Crippen LogP contribution in [0.15, 0.2) is 30.6 Å². The highest BCUT2D eigenvalue weighted by Gasteiger charge is 2.27. The van der Waals surface area contributed by atoms with Gasteiger partial charge in [0.25, 0.3) is 5.92 Å². The van der Waals surface area contributed by atoms with Crippen LogP contribution >= 0.6 is 0 Å². The van der Waals surface area contributed by atoms with Gasteiger partial charge in [0.15, 0.2) is 5.75 Å². The summed E-state index contributed by atoms with van der Waals surface area (Å²) in [6.07, 6.45) is 2.23. The summed E-state index contributed by atoms with van der Waals surface area (Å²) >= 11 is 0. The largest absolute Gasteiger partial charge is 0.494 e. The summed E-state index contributed by atoms with van der Waals surface area (Å²) in [6.45, 7) is 2.03. The molecule has 2 rings (SSSR count). The van der Waals surface area contributed by atoms with E-state index < -0.39 is 11.9 Å². The molecule has 0 amide bonds. The molecule has 0 aliphatic carbocycles. The van der Waals surface area contributed by atoms with Crippen LogP contribution < -0.4 is 9.47 Å². The average Bonchev–Trinajstić information content (AvgIpc) is 2.86. The molecule has 7 heteroatoms. The van der Waals surface area contributed by atoms with Crippen molar-refractivity contribution < 1.29 is 23.0 Å². The van der Waals surface area contributed by atoms with Gasteiger partial charge in [-0.3, -0.25) is 4.79 Å². The van der Waals surface area contributed by atoms with E-state index in [1.54, 1.807) is 12.1 Å². The third kappa shape index (κ3) is 3.18. The zero-order chi connectivity index (χ0) is 15.6. The van der Waals surface area contributed by atoms with Crippen molar-refractivity contribution in [3.63, 3.8) is 0 Å². The predicted molar refractivity (Wildman–Crippen MR) is 71.0 cm³/mol. The molecule has 2 aromatic rings. The fraction of sp³-hybridized carbons (Fsp3) is 0.286. The second-order valence-electron chi connectivity index (χ2n) is 4.46. The zero-order valence-electron chi connectivity index (χ0n) is 11.8. The molecule has 0 radical (unpaired) electrons. The molecule has 0 saturated heterocycles. The van der Waals surface area contributed by atoms with Crippen LogP contribution in [0.5, 0.6) is 11.5 Å². The lowest BCUT2D eigenvalue weighted by atomic mass is 10.2. The van der Waals surface area contributed by atoms with Gasteiger partial charge in [0, 0.05) is 20.0 Å². The number of halogens is 2. The summed E-state index contributed by atoms with van der Waals surface area (Å²) in [4.78, 5) is 11.1. The number of hydrogen-bond donors (Lipinski definition) is 0. The first-order valence-electron chi connectivity index (χ1n) is 6.11. The van der Waals surface area contributed by atoms with Crippen molar-refractivity contribution in [3.05, 3.63) is 36.2 Å². The lowest BCUT2D eigenvalue weighted by Crippen LogP contribution is -2.08. The molecule has 0 fully saturated rings. The Balaban J connectivity index is 2.55. The fourth-order valence-electron chi connectivity index (χ4n) is 1.80. The number of esters is 1. The molecule has 5 nitrogen and oxygen atoms in total. The normalized spacial score (nSPS) is 11.3. The Morgan fingerprint density at radius 3 is 2.52 bits per heavy atom. The summed E-state index contributed by atoms with van der Waals surface area (Å²) in [5, 5.41) is 3.89. The Labute approximate surface area is 120 Å². The van der Waals surface area contributed by atoms with Gasteiger partial charge in [-0.2, -0.15) is 5.10 Å². The minimum Gasteiger partial charge on any atom is -0.494 e. The van der Waals surface area contributed by atoms with E-state index in [-0.39, 0.29) is 17.0 Å². The third-order valence-corrected chi connectivity index (χ3v) is 2.75. The molecule has 0 N–H and O–H groups in total. The Bertz CT molecular complexity index is 662. The molecule has 1 heterocycles. The van der Waals surface area contributed by atoms with Crippen LogP contribution in [-0.2, 0) is 10.7 Å². The second kappa shape index (κ2) is 5.51. The van der Waals surface area contributed by atoms with Crippen molar-refractivity contribution in [2.45, 2.75) is 19.8 Å². The first-order chi connectivity index (χ1) is 9.82. The average molecular weight is 296 g/mol. The summed E-state index contributed by atoms with van der Waals surface area (Å²) in [6, 6.07) is 4.78. The number of benzene rings is 1. The Morgan fingerprint density at radius 2 is 2.00 bits per heavy atom. The molecule has 0 saturated carbocycles. The fourth-order valence-corrected chi connectivity index (χ4v) is 1.80. The van der Waals surface area contributed by atoms with E-state index in [2.05, 4.69) is 5.10 Å². The van der Waals surface area contributed by atoms with E-state index in [0.29, 0.717) is 5.75 Å². The monoisotopic (exact) mass is 296 g/mol. The molecule has 21 heavy (non-hydrogen) atoms. The summed E-state index contributed by atoms with van der Waals surface area (Å²) in [5.41, 5.74) is 0.0351. The lowest BCUT2D eigenvalue weighted by Gasteiger charge is -2.13. The van der Waals surface area contributed by atoms with Gasteiger partial charge in [-0.1, -0.05) is 6.07 Å². The number of rotatable bonds is 4. The highest BCUT2D eigenvalue weighted by molar-refractivity contribution is 5.72. The molecule has 0 spiro atoms. The highest BCUT2D eigenvalue weighted by Crippen LogP contribution is 2.34. The number of carbonyl (C=O) groups is 1. The molecule has 0 aliphatic rings. The van der Waals surface area contributed by atoms with Crippen LogP contribution in [0.1, 0.15) is 19.4 Å². The first kappa shape index (κ1) is 15.0. The van der Waals surface area contributed by atoms with Crippen molar-refractivity contribution in [3.8, 4) is 17.2 Å². The maximum absolute atomic E-state index is 13.3. The van der Waals surface area contributed by atoms with E-state index in [9.17, 15) is 13.6 Å². The number of methoxy groups -OCH3 is 1. The molecule has 0 atom stereocenters. The predicted octanol–water partition coefficient (Wildman–Crippen LogP) is 2.92. The van der Waals surface area contributed by atoms with Crippen LogP contribution in [0.2, 0.25) is 0 Å². The van der Waals surface area contributed by atoms with E-state index in [1.807, 2.05) is 0 Å². The molecule has 1 aromatic heterocycles. The summed E-state index contributed by atoms with van der Waals surface area (Å²) in [7, 11) is 1.43. The molecule has 112 valence electrons. The molecule has 0 unspecified atom stereocenters. The quantitative estimate of drug-likeness (QED) is 0.643. The standard InChI is InChI=1S/C14H14F2N2O3/c1-9(19)21-12-6-4-5-11(20-3)13(12)18-8-10(7-17-18)14(2,15)16/h4-8H,1-3H3. The van der Waals surface area contributed by atoms with Crippen molar-refractivity contribution in [2.24, 2.45) is 0 Å². The zero-order valence-corrected chi connectivity index (χ0v) is 11.8. The van der Waals surface area contributed by atoms with Crippen molar-refractivity contribution >= 4 is 5.97 Å². The minimum atomic E-state index is -3.01. The second-order valence-corrected chi connectivity index (χ2v) is 4.46. The number of ether oxygens (including phenoxy) is 2. The van der Waals surface area contributed by atoms with Gasteiger partial charge in [-0.05, 0) is 12.1 Å². The number of carbonyl (C=O) groups excluding carboxylic acids is 1. The molecule has 0 aliphatic heterocycles. The Kier molecular flexibility index (Phi) is 3.93. The lowest BCUT2D eigenvalue weighted by molar-refractivity contribution is -0.131. The topological polar surface area (TPSA) is 53.4 Å². The van der Waals surface area contributed by atoms with Gasteiger partial charge in [0.1, 0.15) is 11.4 Å². The van der Waals surface area contributed by atoms with Crippen LogP contribution in [-0.4, -0.2) is 22.9 Å². The van der Waals surface area contributed by atoms with Crippen molar-refractivity contribution in [2.75, 3.05) is 7.11 Å². The van der Waals surface area contributed by atoms with Gasteiger partial charge in [-0.25, -0.2) is 13.5 Å². The summed E-state index contributed by atoms with van der Waals surface area (Å²) in [5.74, 6) is -3.02. The Hall–Kier alpha value is -2.44. The van der Waals surface area contributed by atoms with Gasteiger partial charge < -0.3 is 9.47 Å². The molecular weight excluding hydrogens is 282 g/mol. The maximum Gasteiger partial charge on any atom is 0.308 e. The van der Waals surface area contributed by atoms with E-state index >= 15 is 0 Å². The SMILES string of the molecule is COc1cccc(OC(C)=O)c1-n1cc(C(C)(F)F)cn1. The van der Waals surface area contributed by atoms with Crippen LogP contribution in [0.3, 0.4) is 0 Å². The molecule has 0 bridgehead atoms. The van der Waals surface area contributed by atoms with E-state index in [4.69, 9.17) is 9.47 Å². The molecular formula is C14H14F2N2O3. The minimum absolute atomic E-state index is 0.177. The number of alkyl halides is 2. The maximum atomic E-state index is 13.3. The number of nitrogens with zero attached hydrogens (tertiary/aromatic N) is 2. The Morgan fingerprint density at radius 1 is 1.33 bits per heavy atom. The van der Waals surface area contributed by atoms with Crippen molar-refractivity contribution in [1.82, 2.24) is 9.78 Å². The van der Waals surface area contributed by atoms with Gasteiger partial charge >= 0.3 is 5.97 Å².